The van der Waals surface area contributed by atoms with Crippen LogP contribution in [0, 0.1) is 5.41 Å². The number of alkyl halides is 3. The Balaban J connectivity index is 1.81. The molecule has 2 aliphatic heterocycles. The molecule has 0 saturated carbocycles. The van der Waals surface area contributed by atoms with E-state index in [1.807, 2.05) is 6.07 Å². The maximum atomic E-state index is 12.9. The second-order valence-corrected chi connectivity index (χ2v) is 7.34. The van der Waals surface area contributed by atoms with E-state index >= 15 is 0 Å². The summed E-state index contributed by atoms with van der Waals surface area (Å²) in [4.78, 5) is 25.5. The number of halogens is 3. The quantitative estimate of drug-likeness (QED) is 0.790. The molecule has 28 heavy (non-hydrogen) atoms. The molecule has 1 aromatic rings. The van der Waals surface area contributed by atoms with Crippen LogP contribution in [-0.2, 0) is 20.9 Å². The van der Waals surface area contributed by atoms with E-state index in [1.54, 1.807) is 24.3 Å². The fraction of sp³-hybridized carbons (Fsp3) is 0.579. The van der Waals surface area contributed by atoms with Crippen molar-refractivity contribution in [2.24, 2.45) is 5.41 Å². The van der Waals surface area contributed by atoms with Crippen molar-refractivity contribution >= 4 is 12.1 Å². The zero-order chi connectivity index (χ0) is 20.4. The van der Waals surface area contributed by atoms with Crippen LogP contribution in [-0.4, -0.2) is 48.5 Å². The van der Waals surface area contributed by atoms with Crippen molar-refractivity contribution in [3.05, 3.63) is 35.9 Å². The number of benzene rings is 1. The molecule has 1 amide bonds. The molecule has 2 heterocycles. The second kappa shape index (κ2) is 7.62. The van der Waals surface area contributed by atoms with E-state index in [9.17, 15) is 22.8 Å². The van der Waals surface area contributed by atoms with E-state index < -0.39 is 29.4 Å². The fourth-order valence-electron chi connectivity index (χ4n) is 4.14. The summed E-state index contributed by atoms with van der Waals surface area (Å²) in [5.74, 6) is -2.30. The highest BCUT2D eigenvalue weighted by molar-refractivity contribution is 5.77. The van der Waals surface area contributed by atoms with Gasteiger partial charge in [-0.25, -0.2) is 9.59 Å². The first-order chi connectivity index (χ1) is 13.2. The van der Waals surface area contributed by atoms with Crippen LogP contribution in [0.3, 0.4) is 0 Å². The molecule has 0 bridgehead atoms. The van der Waals surface area contributed by atoms with Crippen LogP contribution in [0.5, 0.6) is 0 Å². The minimum absolute atomic E-state index is 0.0198. The van der Waals surface area contributed by atoms with Gasteiger partial charge in [0.2, 0.25) is 0 Å². The van der Waals surface area contributed by atoms with Crippen LogP contribution in [0.4, 0.5) is 18.0 Å². The number of carbonyl (C=O) groups excluding carboxylic acids is 2. The number of ether oxygens (including phenoxy) is 2. The number of hydrogen-bond acceptors (Lipinski definition) is 5. The number of nitrogens with one attached hydrogen (secondary N) is 1. The zero-order valence-corrected chi connectivity index (χ0v) is 15.6. The number of amides is 1. The Hall–Kier alpha value is -2.29. The summed E-state index contributed by atoms with van der Waals surface area (Å²) in [6, 6.07) is 8.94. The second-order valence-electron chi connectivity index (χ2n) is 7.34. The summed E-state index contributed by atoms with van der Waals surface area (Å²) in [6.45, 7) is 2.68. The van der Waals surface area contributed by atoms with E-state index in [0.29, 0.717) is 32.4 Å². The smallest absolute Gasteiger partial charge is 0.444 e. The van der Waals surface area contributed by atoms with Crippen LogP contribution >= 0.6 is 0 Å². The zero-order valence-electron chi connectivity index (χ0n) is 15.6. The molecule has 154 valence electrons. The Kier molecular flexibility index (Phi) is 5.56. The summed E-state index contributed by atoms with van der Waals surface area (Å²) in [6.07, 6.45) is -4.50. The lowest BCUT2D eigenvalue weighted by atomic mass is 9.71. The number of rotatable bonds is 3. The number of esters is 1. The Morgan fingerprint density at radius 1 is 1.14 bits per heavy atom. The first kappa shape index (κ1) is 20.4. The molecule has 0 radical (unpaired) electrons. The van der Waals surface area contributed by atoms with Crippen LogP contribution in [0.25, 0.3) is 0 Å². The van der Waals surface area contributed by atoms with Gasteiger partial charge in [0.05, 0.1) is 0 Å². The average molecular weight is 400 g/mol. The molecule has 2 saturated heterocycles. The van der Waals surface area contributed by atoms with E-state index in [-0.39, 0.29) is 13.2 Å². The van der Waals surface area contributed by atoms with Gasteiger partial charge in [0.25, 0.3) is 0 Å². The van der Waals surface area contributed by atoms with Crippen molar-refractivity contribution in [2.75, 3.05) is 19.6 Å². The lowest BCUT2D eigenvalue weighted by molar-refractivity contribution is -0.238. The summed E-state index contributed by atoms with van der Waals surface area (Å²) in [7, 11) is 0. The number of carbonyl (C=O) groups is 2. The van der Waals surface area contributed by atoms with Gasteiger partial charge in [-0.2, -0.15) is 13.2 Å². The topological polar surface area (TPSA) is 67.9 Å². The number of nitrogens with zero attached hydrogens (tertiary/aromatic N) is 1. The molecular formula is C19H23F3N2O4. The van der Waals surface area contributed by atoms with Gasteiger partial charge in [-0.3, -0.25) is 4.90 Å². The molecule has 1 atom stereocenters. The molecule has 6 nitrogen and oxygen atoms in total. The highest BCUT2D eigenvalue weighted by Gasteiger charge is 2.63. The number of piperidine rings is 1. The van der Waals surface area contributed by atoms with Gasteiger partial charge in [0, 0.05) is 12.0 Å². The molecule has 2 aliphatic rings. The molecule has 1 aromatic carbocycles. The summed E-state index contributed by atoms with van der Waals surface area (Å²) in [5, 5.41) is 3.15. The third-order valence-electron chi connectivity index (χ3n) is 5.82. The largest absolute Gasteiger partial charge is 0.491 e. The lowest BCUT2D eigenvalue weighted by Gasteiger charge is -2.47. The average Bonchev–Trinajstić information content (AvgIpc) is 2.92. The molecule has 9 heteroatoms. The third-order valence-corrected chi connectivity index (χ3v) is 5.82. The predicted octanol–water partition coefficient (Wildman–Crippen LogP) is 3.22. The molecule has 3 rings (SSSR count). The number of hydrogen-bond donors (Lipinski definition) is 1. The van der Waals surface area contributed by atoms with Gasteiger partial charge in [0.15, 0.2) is 5.72 Å². The summed E-state index contributed by atoms with van der Waals surface area (Å²) in [5.41, 5.74) is -1.72. The minimum atomic E-state index is -5.14. The van der Waals surface area contributed by atoms with Crippen LogP contribution in [0.2, 0.25) is 0 Å². The first-order valence-corrected chi connectivity index (χ1v) is 9.17. The Morgan fingerprint density at radius 3 is 2.39 bits per heavy atom. The maximum absolute atomic E-state index is 12.9. The van der Waals surface area contributed by atoms with E-state index in [2.05, 4.69) is 5.32 Å². The molecule has 2 fully saturated rings. The monoisotopic (exact) mass is 400 g/mol. The van der Waals surface area contributed by atoms with Gasteiger partial charge in [-0.05, 0) is 44.8 Å². The van der Waals surface area contributed by atoms with Crippen LogP contribution in [0.15, 0.2) is 30.3 Å². The summed E-state index contributed by atoms with van der Waals surface area (Å²) < 4.78 is 49.0. The van der Waals surface area contributed by atoms with Crippen molar-refractivity contribution in [3.8, 4) is 0 Å². The van der Waals surface area contributed by atoms with Gasteiger partial charge < -0.3 is 14.8 Å². The SMILES string of the molecule is CC1(OC(=O)C(F)(F)F)N(C(=O)OCc2ccccc2)CCC12CCNCC2. The molecule has 0 aliphatic carbocycles. The van der Waals surface area contributed by atoms with Crippen LogP contribution < -0.4 is 5.32 Å². The lowest BCUT2D eigenvalue weighted by Crippen LogP contribution is -2.60. The maximum Gasteiger partial charge on any atom is 0.491 e. The van der Waals surface area contributed by atoms with Gasteiger partial charge in [0.1, 0.15) is 6.61 Å². The third kappa shape index (κ3) is 3.80. The van der Waals surface area contributed by atoms with Crippen molar-refractivity contribution in [1.82, 2.24) is 10.2 Å². The Labute approximate surface area is 161 Å². The van der Waals surface area contributed by atoms with E-state index in [4.69, 9.17) is 9.47 Å². The van der Waals surface area contributed by atoms with Crippen molar-refractivity contribution in [1.29, 1.82) is 0 Å². The minimum Gasteiger partial charge on any atom is -0.444 e. The van der Waals surface area contributed by atoms with Crippen molar-refractivity contribution in [3.63, 3.8) is 0 Å². The van der Waals surface area contributed by atoms with Crippen molar-refractivity contribution < 1.29 is 32.2 Å². The molecule has 1 spiro atoms. The Morgan fingerprint density at radius 2 is 1.79 bits per heavy atom. The first-order valence-electron chi connectivity index (χ1n) is 9.17. The standard InChI is InChI=1S/C19H23F3N2O4/c1-17(28-15(25)19(20,21)22)18(7-10-23-11-8-18)9-12-24(17)16(26)27-13-14-5-3-2-4-6-14/h2-6,23H,7-13H2,1H3. The highest BCUT2D eigenvalue weighted by Crippen LogP contribution is 2.52. The number of likely N-dealkylation sites (tertiary alicyclic amines) is 1. The molecular weight excluding hydrogens is 377 g/mol. The van der Waals surface area contributed by atoms with Crippen molar-refractivity contribution in [2.45, 2.75) is 44.7 Å². The van der Waals surface area contributed by atoms with E-state index in [1.165, 1.54) is 6.92 Å². The normalized spacial score (nSPS) is 24.2. The fourth-order valence-corrected chi connectivity index (χ4v) is 4.14. The van der Waals surface area contributed by atoms with E-state index in [0.717, 1.165) is 10.5 Å². The molecule has 0 aromatic heterocycles. The predicted molar refractivity (Wildman–Crippen MR) is 93.0 cm³/mol. The summed E-state index contributed by atoms with van der Waals surface area (Å²) >= 11 is 0. The van der Waals surface area contributed by atoms with Gasteiger partial charge in [-0.1, -0.05) is 30.3 Å². The van der Waals surface area contributed by atoms with Gasteiger partial charge in [-0.15, -0.1) is 0 Å². The highest BCUT2D eigenvalue weighted by atomic mass is 19.4. The molecule has 1 unspecified atom stereocenters. The van der Waals surface area contributed by atoms with Crippen LogP contribution in [0.1, 0.15) is 31.7 Å². The molecule has 1 N–H and O–H groups in total. The van der Waals surface area contributed by atoms with Gasteiger partial charge >= 0.3 is 18.2 Å². The Bertz CT molecular complexity index is 720.